The molecule has 0 radical (unpaired) electrons. The second kappa shape index (κ2) is 5.39. The molecule has 5 heteroatoms. The van der Waals surface area contributed by atoms with Crippen LogP contribution in [-0.4, -0.2) is 18.2 Å². The van der Waals surface area contributed by atoms with E-state index in [9.17, 15) is 9.18 Å². The number of hydrogen-bond donors (Lipinski definition) is 2. The molecule has 0 atom stereocenters. The van der Waals surface area contributed by atoms with Gasteiger partial charge in [0.25, 0.3) is 0 Å². The van der Waals surface area contributed by atoms with Crippen molar-refractivity contribution in [3.05, 3.63) is 53.8 Å². The third kappa shape index (κ3) is 2.82. The van der Waals surface area contributed by atoms with Crippen LogP contribution in [0.5, 0.6) is 5.75 Å². The number of anilines is 2. The van der Waals surface area contributed by atoms with Gasteiger partial charge in [0.05, 0.1) is 24.0 Å². The topological polar surface area (TPSA) is 58.6 Å². The van der Waals surface area contributed by atoms with Crippen molar-refractivity contribution in [3.8, 4) is 5.75 Å². The van der Waals surface area contributed by atoms with Crippen LogP contribution in [0.15, 0.2) is 42.5 Å². The monoisotopic (exact) mass is 261 g/mol. The fourth-order valence-electron chi connectivity index (χ4n) is 1.69. The predicted molar refractivity (Wildman–Crippen MR) is 69.6 cm³/mol. The number of ether oxygens (including phenoxy) is 1. The zero-order valence-corrected chi connectivity index (χ0v) is 10.2. The quantitative estimate of drug-likeness (QED) is 0.886. The molecule has 98 valence electrons. The molecule has 0 saturated carbocycles. The van der Waals surface area contributed by atoms with Gasteiger partial charge in [-0.15, -0.1) is 0 Å². The Kier molecular flexibility index (Phi) is 3.66. The van der Waals surface area contributed by atoms with E-state index in [2.05, 4.69) is 5.32 Å². The maximum absolute atomic E-state index is 13.1. The normalized spacial score (nSPS) is 10.0. The van der Waals surface area contributed by atoms with Crippen molar-refractivity contribution in [1.82, 2.24) is 0 Å². The minimum atomic E-state index is -1.04. The van der Waals surface area contributed by atoms with Crippen molar-refractivity contribution in [1.29, 1.82) is 0 Å². The first-order valence-electron chi connectivity index (χ1n) is 5.54. The molecule has 2 aromatic rings. The Hall–Kier alpha value is -2.56. The molecular formula is C14H12FNO3. The number of methoxy groups -OCH3 is 1. The van der Waals surface area contributed by atoms with Gasteiger partial charge in [0.15, 0.2) is 0 Å². The van der Waals surface area contributed by atoms with Gasteiger partial charge in [0.2, 0.25) is 0 Å². The zero-order valence-electron chi connectivity index (χ0n) is 10.2. The molecule has 0 aliphatic rings. The summed E-state index contributed by atoms with van der Waals surface area (Å²) in [6, 6.07) is 10.5. The summed E-state index contributed by atoms with van der Waals surface area (Å²) in [4.78, 5) is 11.1. The molecule has 0 aromatic heterocycles. The number of carboxylic acids is 1. The highest BCUT2D eigenvalue weighted by Gasteiger charge is 2.11. The van der Waals surface area contributed by atoms with Crippen LogP contribution in [-0.2, 0) is 0 Å². The van der Waals surface area contributed by atoms with Gasteiger partial charge in [0, 0.05) is 6.07 Å². The van der Waals surface area contributed by atoms with Crippen molar-refractivity contribution < 1.29 is 19.0 Å². The van der Waals surface area contributed by atoms with E-state index < -0.39 is 11.8 Å². The molecule has 2 aromatic carbocycles. The Labute approximate surface area is 109 Å². The van der Waals surface area contributed by atoms with Crippen LogP contribution < -0.4 is 10.1 Å². The molecule has 0 saturated heterocycles. The Morgan fingerprint density at radius 1 is 1.21 bits per heavy atom. The van der Waals surface area contributed by atoms with Crippen LogP contribution in [0.3, 0.4) is 0 Å². The molecule has 2 N–H and O–H groups in total. The molecule has 0 unspecified atom stereocenters. The maximum Gasteiger partial charge on any atom is 0.337 e. The van der Waals surface area contributed by atoms with E-state index in [1.54, 1.807) is 18.2 Å². The Morgan fingerprint density at radius 3 is 2.63 bits per heavy atom. The highest BCUT2D eigenvalue weighted by atomic mass is 19.1. The van der Waals surface area contributed by atoms with Crippen molar-refractivity contribution in [2.24, 2.45) is 0 Å². The summed E-state index contributed by atoms with van der Waals surface area (Å²) in [6.45, 7) is 0. The smallest absolute Gasteiger partial charge is 0.337 e. The second-order valence-corrected chi connectivity index (χ2v) is 3.82. The first-order valence-corrected chi connectivity index (χ1v) is 5.54. The molecule has 0 spiro atoms. The average molecular weight is 261 g/mol. The molecule has 0 aliphatic carbocycles. The van der Waals surface area contributed by atoms with Crippen molar-refractivity contribution in [2.45, 2.75) is 0 Å². The van der Waals surface area contributed by atoms with Crippen molar-refractivity contribution in [3.63, 3.8) is 0 Å². The molecule has 2 rings (SSSR count). The summed E-state index contributed by atoms with van der Waals surface area (Å²) in [5.74, 6) is -1.15. The van der Waals surface area contributed by atoms with Crippen molar-refractivity contribution in [2.75, 3.05) is 12.4 Å². The molecule has 4 nitrogen and oxygen atoms in total. The summed E-state index contributed by atoms with van der Waals surface area (Å²) in [6.07, 6.45) is 0. The Bertz CT molecular complexity index is 613. The Balaban J connectivity index is 2.39. The summed E-state index contributed by atoms with van der Waals surface area (Å²) in [5, 5.41) is 12.0. The first kappa shape index (κ1) is 12.9. The largest absolute Gasteiger partial charge is 0.494 e. The van der Waals surface area contributed by atoms with Gasteiger partial charge in [-0.3, -0.25) is 0 Å². The third-order valence-corrected chi connectivity index (χ3v) is 2.59. The molecular weight excluding hydrogens is 249 g/mol. The highest BCUT2D eigenvalue weighted by molar-refractivity contribution is 5.95. The zero-order chi connectivity index (χ0) is 13.8. The highest BCUT2D eigenvalue weighted by Crippen LogP contribution is 2.29. The van der Waals surface area contributed by atoms with Gasteiger partial charge in [-0.2, -0.15) is 0 Å². The second-order valence-electron chi connectivity index (χ2n) is 3.82. The van der Waals surface area contributed by atoms with Gasteiger partial charge in [-0.05, 0) is 24.3 Å². The molecule has 0 bridgehead atoms. The fraction of sp³-hybridized carbons (Fsp3) is 0.0714. The van der Waals surface area contributed by atoms with Crippen LogP contribution in [0.2, 0.25) is 0 Å². The van der Waals surface area contributed by atoms with E-state index in [0.717, 1.165) is 0 Å². The first-order chi connectivity index (χ1) is 9.11. The van der Waals surface area contributed by atoms with E-state index in [1.165, 1.54) is 31.4 Å². The van der Waals surface area contributed by atoms with Crippen LogP contribution in [0.4, 0.5) is 15.8 Å². The predicted octanol–water partition coefficient (Wildman–Crippen LogP) is 3.28. The molecule has 0 heterocycles. The maximum atomic E-state index is 13.1. The lowest BCUT2D eigenvalue weighted by molar-refractivity contribution is 0.0698. The number of hydrogen-bond acceptors (Lipinski definition) is 3. The van der Waals surface area contributed by atoms with Gasteiger partial charge in [0.1, 0.15) is 11.6 Å². The number of carboxylic acid groups (broad SMARTS) is 1. The average Bonchev–Trinajstić information content (AvgIpc) is 2.41. The van der Waals surface area contributed by atoms with E-state index in [-0.39, 0.29) is 5.56 Å². The molecule has 19 heavy (non-hydrogen) atoms. The summed E-state index contributed by atoms with van der Waals surface area (Å²) >= 11 is 0. The standard InChI is InChI=1S/C14H12FNO3/c1-19-13-8-9(15)6-7-12(13)16-11-5-3-2-4-10(11)14(17)18/h2-8,16H,1H3,(H,17,18). The summed E-state index contributed by atoms with van der Waals surface area (Å²) in [7, 11) is 1.42. The van der Waals surface area contributed by atoms with E-state index >= 15 is 0 Å². The van der Waals surface area contributed by atoms with Crippen LogP contribution in [0.25, 0.3) is 0 Å². The molecule has 0 aliphatic heterocycles. The lowest BCUT2D eigenvalue weighted by Crippen LogP contribution is -2.03. The van der Waals surface area contributed by atoms with Crippen LogP contribution in [0, 0.1) is 5.82 Å². The number of rotatable bonds is 4. The van der Waals surface area contributed by atoms with E-state index in [1.807, 2.05) is 0 Å². The number of carbonyl (C=O) groups is 1. The van der Waals surface area contributed by atoms with Gasteiger partial charge in [-0.1, -0.05) is 12.1 Å². The van der Waals surface area contributed by atoms with Gasteiger partial charge < -0.3 is 15.2 Å². The third-order valence-electron chi connectivity index (χ3n) is 2.59. The van der Waals surface area contributed by atoms with Crippen LogP contribution in [0.1, 0.15) is 10.4 Å². The minimum Gasteiger partial charge on any atom is -0.494 e. The van der Waals surface area contributed by atoms with Gasteiger partial charge in [-0.25, -0.2) is 9.18 Å². The summed E-state index contributed by atoms with van der Waals surface area (Å²) < 4.78 is 18.1. The number of nitrogens with one attached hydrogen (secondary N) is 1. The lowest BCUT2D eigenvalue weighted by Gasteiger charge is -2.12. The molecule has 0 fully saturated rings. The van der Waals surface area contributed by atoms with E-state index in [4.69, 9.17) is 9.84 Å². The van der Waals surface area contributed by atoms with E-state index in [0.29, 0.717) is 17.1 Å². The lowest BCUT2D eigenvalue weighted by atomic mass is 10.1. The van der Waals surface area contributed by atoms with Gasteiger partial charge >= 0.3 is 5.97 Å². The molecule has 0 amide bonds. The Morgan fingerprint density at radius 2 is 1.95 bits per heavy atom. The number of halogens is 1. The SMILES string of the molecule is COc1cc(F)ccc1Nc1ccccc1C(=O)O. The number of para-hydroxylation sites is 1. The van der Waals surface area contributed by atoms with Crippen LogP contribution >= 0.6 is 0 Å². The minimum absolute atomic E-state index is 0.133. The number of aromatic carboxylic acids is 1. The summed E-state index contributed by atoms with van der Waals surface area (Å²) in [5.41, 5.74) is 1.05. The fourth-order valence-corrected chi connectivity index (χ4v) is 1.69. The number of benzene rings is 2. The van der Waals surface area contributed by atoms with Crippen molar-refractivity contribution >= 4 is 17.3 Å².